The minimum Gasteiger partial charge on any atom is -0.310 e. The largest absolute Gasteiger partial charge is 0.310 e. The van der Waals surface area contributed by atoms with Gasteiger partial charge in [0.2, 0.25) is 0 Å². The van der Waals surface area contributed by atoms with Gasteiger partial charge >= 0.3 is 0 Å². The summed E-state index contributed by atoms with van der Waals surface area (Å²) >= 11 is 6.16. The Labute approximate surface area is 114 Å². The van der Waals surface area contributed by atoms with Crippen LogP contribution in [0, 0.1) is 0 Å². The van der Waals surface area contributed by atoms with Gasteiger partial charge in [-0.05, 0) is 30.5 Å². The van der Waals surface area contributed by atoms with Crippen molar-refractivity contribution >= 4 is 11.6 Å². The summed E-state index contributed by atoms with van der Waals surface area (Å²) in [4.78, 5) is 0. The van der Waals surface area contributed by atoms with Crippen molar-refractivity contribution in [2.24, 2.45) is 0 Å². The third-order valence-corrected chi connectivity index (χ3v) is 3.35. The van der Waals surface area contributed by atoms with Crippen LogP contribution in [0.1, 0.15) is 18.1 Å². The lowest BCUT2D eigenvalue weighted by molar-refractivity contribution is 0.545. The Bertz CT molecular complexity index is 481. The third-order valence-electron chi connectivity index (χ3n) is 2.98. The molecule has 0 fully saturated rings. The normalized spacial score (nSPS) is 12.3. The van der Waals surface area contributed by atoms with E-state index in [1.54, 1.807) is 0 Å². The molecular formula is C16H18ClN. The summed E-state index contributed by atoms with van der Waals surface area (Å²) in [6, 6.07) is 18.9. The number of rotatable bonds is 5. The highest BCUT2D eigenvalue weighted by molar-refractivity contribution is 6.31. The van der Waals surface area contributed by atoms with E-state index in [2.05, 4.69) is 42.6 Å². The molecule has 0 spiro atoms. The van der Waals surface area contributed by atoms with Crippen LogP contribution in [0.5, 0.6) is 0 Å². The van der Waals surface area contributed by atoms with Crippen molar-refractivity contribution in [3.05, 3.63) is 70.7 Å². The predicted octanol–water partition coefficient (Wildman–Crippen LogP) is 4.06. The lowest BCUT2D eigenvalue weighted by atomic mass is 10.1. The molecule has 1 atom stereocenters. The first-order chi connectivity index (χ1) is 8.75. The fraction of sp³-hybridized carbons (Fsp3) is 0.250. The minimum absolute atomic E-state index is 0.408. The molecule has 0 aliphatic carbocycles. The standard InChI is InChI=1S/C16H18ClN/c1-13(11-15-9-5-6-10-16(15)17)18-12-14-7-3-2-4-8-14/h2-10,13,18H,11-12H2,1H3. The van der Waals surface area contributed by atoms with Gasteiger partial charge in [-0.3, -0.25) is 0 Å². The molecule has 1 unspecified atom stereocenters. The van der Waals surface area contributed by atoms with Crippen LogP contribution in [-0.4, -0.2) is 6.04 Å². The van der Waals surface area contributed by atoms with Gasteiger partial charge in [-0.2, -0.15) is 0 Å². The topological polar surface area (TPSA) is 12.0 Å². The lowest BCUT2D eigenvalue weighted by Gasteiger charge is -2.14. The van der Waals surface area contributed by atoms with Crippen LogP contribution in [0.4, 0.5) is 0 Å². The van der Waals surface area contributed by atoms with Gasteiger partial charge in [-0.15, -0.1) is 0 Å². The maximum atomic E-state index is 6.16. The molecule has 0 radical (unpaired) electrons. The van der Waals surface area contributed by atoms with Gasteiger partial charge in [0.05, 0.1) is 0 Å². The molecule has 94 valence electrons. The van der Waals surface area contributed by atoms with E-state index in [1.165, 1.54) is 11.1 Å². The molecule has 0 aliphatic heterocycles. The molecule has 2 aromatic rings. The molecule has 0 heterocycles. The molecule has 0 amide bonds. The van der Waals surface area contributed by atoms with Crippen molar-refractivity contribution in [2.75, 3.05) is 0 Å². The number of nitrogens with one attached hydrogen (secondary N) is 1. The van der Waals surface area contributed by atoms with E-state index in [1.807, 2.05) is 24.3 Å². The Balaban J connectivity index is 1.86. The van der Waals surface area contributed by atoms with Crippen molar-refractivity contribution in [3.8, 4) is 0 Å². The summed E-state index contributed by atoms with van der Waals surface area (Å²) in [5.41, 5.74) is 2.51. The van der Waals surface area contributed by atoms with Crippen molar-refractivity contribution in [2.45, 2.75) is 25.9 Å². The summed E-state index contributed by atoms with van der Waals surface area (Å²) in [5, 5.41) is 4.37. The summed E-state index contributed by atoms with van der Waals surface area (Å²) in [5.74, 6) is 0. The van der Waals surface area contributed by atoms with E-state index in [0.717, 1.165) is 18.0 Å². The molecule has 0 bridgehead atoms. The van der Waals surface area contributed by atoms with E-state index in [0.29, 0.717) is 6.04 Å². The molecule has 1 N–H and O–H groups in total. The first-order valence-electron chi connectivity index (χ1n) is 6.26. The van der Waals surface area contributed by atoms with Crippen molar-refractivity contribution in [3.63, 3.8) is 0 Å². The molecule has 1 nitrogen and oxygen atoms in total. The summed E-state index contributed by atoms with van der Waals surface area (Å²) in [6.45, 7) is 3.08. The van der Waals surface area contributed by atoms with Crippen LogP contribution in [0.15, 0.2) is 54.6 Å². The zero-order chi connectivity index (χ0) is 12.8. The van der Waals surface area contributed by atoms with Gasteiger partial charge in [0.25, 0.3) is 0 Å². The highest BCUT2D eigenvalue weighted by Crippen LogP contribution is 2.16. The van der Waals surface area contributed by atoms with Gasteiger partial charge in [0, 0.05) is 17.6 Å². The Kier molecular flexibility index (Phi) is 4.80. The van der Waals surface area contributed by atoms with Crippen molar-refractivity contribution in [1.82, 2.24) is 5.32 Å². The van der Waals surface area contributed by atoms with Gasteiger partial charge < -0.3 is 5.32 Å². The minimum atomic E-state index is 0.408. The van der Waals surface area contributed by atoms with Crippen LogP contribution in [0.3, 0.4) is 0 Å². The highest BCUT2D eigenvalue weighted by Gasteiger charge is 2.05. The molecular weight excluding hydrogens is 242 g/mol. The molecule has 2 aromatic carbocycles. The Morgan fingerprint density at radius 2 is 1.67 bits per heavy atom. The zero-order valence-corrected chi connectivity index (χ0v) is 11.3. The first kappa shape index (κ1) is 13.1. The third kappa shape index (κ3) is 3.86. The highest BCUT2D eigenvalue weighted by atomic mass is 35.5. The van der Waals surface area contributed by atoms with Crippen LogP contribution >= 0.6 is 11.6 Å². The fourth-order valence-electron chi connectivity index (χ4n) is 1.95. The van der Waals surface area contributed by atoms with Crippen LogP contribution < -0.4 is 5.32 Å². The molecule has 2 rings (SSSR count). The number of hydrogen-bond donors (Lipinski definition) is 1. The second-order valence-electron chi connectivity index (χ2n) is 4.56. The van der Waals surface area contributed by atoms with Gasteiger partial charge in [-0.1, -0.05) is 60.1 Å². The quantitative estimate of drug-likeness (QED) is 0.854. The van der Waals surface area contributed by atoms with E-state index in [4.69, 9.17) is 11.6 Å². The Morgan fingerprint density at radius 1 is 1.00 bits per heavy atom. The van der Waals surface area contributed by atoms with Gasteiger partial charge in [0.15, 0.2) is 0 Å². The van der Waals surface area contributed by atoms with Crippen LogP contribution in [0.2, 0.25) is 5.02 Å². The maximum absolute atomic E-state index is 6.16. The summed E-state index contributed by atoms with van der Waals surface area (Å²) < 4.78 is 0. The average Bonchev–Trinajstić information content (AvgIpc) is 2.40. The maximum Gasteiger partial charge on any atom is 0.0438 e. The predicted molar refractivity (Wildman–Crippen MR) is 77.9 cm³/mol. The summed E-state index contributed by atoms with van der Waals surface area (Å²) in [6.07, 6.45) is 0.951. The van der Waals surface area contributed by atoms with Gasteiger partial charge in [0.1, 0.15) is 0 Å². The van der Waals surface area contributed by atoms with Crippen molar-refractivity contribution in [1.29, 1.82) is 0 Å². The van der Waals surface area contributed by atoms with E-state index in [9.17, 15) is 0 Å². The van der Waals surface area contributed by atoms with E-state index in [-0.39, 0.29) is 0 Å². The molecule has 0 aliphatic rings. The van der Waals surface area contributed by atoms with E-state index < -0.39 is 0 Å². The molecule has 18 heavy (non-hydrogen) atoms. The van der Waals surface area contributed by atoms with Crippen LogP contribution in [-0.2, 0) is 13.0 Å². The monoisotopic (exact) mass is 259 g/mol. The molecule has 0 saturated carbocycles. The van der Waals surface area contributed by atoms with Crippen LogP contribution in [0.25, 0.3) is 0 Å². The summed E-state index contributed by atoms with van der Waals surface area (Å²) in [7, 11) is 0. The number of hydrogen-bond acceptors (Lipinski definition) is 1. The first-order valence-corrected chi connectivity index (χ1v) is 6.64. The zero-order valence-electron chi connectivity index (χ0n) is 10.6. The number of halogens is 1. The molecule has 0 aromatic heterocycles. The Hall–Kier alpha value is -1.31. The van der Waals surface area contributed by atoms with Crippen molar-refractivity contribution < 1.29 is 0 Å². The lowest BCUT2D eigenvalue weighted by Crippen LogP contribution is -2.27. The Morgan fingerprint density at radius 3 is 2.39 bits per heavy atom. The second kappa shape index (κ2) is 6.58. The molecule has 0 saturated heterocycles. The SMILES string of the molecule is CC(Cc1ccccc1Cl)NCc1ccccc1. The number of benzene rings is 2. The van der Waals surface area contributed by atoms with Gasteiger partial charge in [-0.25, -0.2) is 0 Å². The smallest absolute Gasteiger partial charge is 0.0438 e. The second-order valence-corrected chi connectivity index (χ2v) is 4.97. The van der Waals surface area contributed by atoms with E-state index >= 15 is 0 Å². The fourth-order valence-corrected chi connectivity index (χ4v) is 2.17. The average molecular weight is 260 g/mol. The molecule has 2 heteroatoms.